The molecule has 2 unspecified atom stereocenters. The summed E-state index contributed by atoms with van der Waals surface area (Å²) < 4.78 is 5.25. The summed E-state index contributed by atoms with van der Waals surface area (Å²) in [5.41, 5.74) is 3.88. The Balaban J connectivity index is 2.66. The van der Waals surface area contributed by atoms with Gasteiger partial charge in [0.2, 0.25) is 0 Å². The zero-order chi connectivity index (χ0) is 11.4. The Morgan fingerprint density at radius 2 is 2.20 bits per heavy atom. The van der Waals surface area contributed by atoms with Gasteiger partial charge in [0.25, 0.3) is 0 Å². The number of nitrogens with one attached hydrogen (secondary N) is 1. The molecule has 0 aliphatic rings. The van der Waals surface area contributed by atoms with Crippen LogP contribution in [0.2, 0.25) is 0 Å². The summed E-state index contributed by atoms with van der Waals surface area (Å²) in [5.74, 6) is 5.49. The molecule has 1 heterocycles. The van der Waals surface area contributed by atoms with Crippen molar-refractivity contribution in [3.05, 3.63) is 15.6 Å². The third kappa shape index (κ3) is 3.24. The van der Waals surface area contributed by atoms with Crippen LogP contribution < -0.4 is 11.3 Å². The topological polar surface area (TPSA) is 60.2 Å². The van der Waals surface area contributed by atoms with Crippen LogP contribution in [0.5, 0.6) is 0 Å². The minimum Gasteiger partial charge on any atom is -0.380 e. The van der Waals surface area contributed by atoms with Crippen molar-refractivity contribution in [2.75, 3.05) is 7.11 Å². The molecule has 0 saturated heterocycles. The number of nitrogens with two attached hydrogens (primary N) is 1. The summed E-state index contributed by atoms with van der Waals surface area (Å²) in [6.45, 7) is 6.11. The second kappa shape index (κ2) is 5.55. The fourth-order valence-corrected chi connectivity index (χ4v) is 2.33. The van der Waals surface area contributed by atoms with Crippen molar-refractivity contribution >= 4 is 11.3 Å². The fraction of sp³-hybridized carbons (Fsp3) is 0.700. The number of rotatable bonds is 5. The summed E-state index contributed by atoms with van der Waals surface area (Å²) in [4.78, 5) is 5.75. The third-order valence-corrected chi connectivity index (χ3v) is 3.72. The van der Waals surface area contributed by atoms with Crippen LogP contribution in [0.25, 0.3) is 0 Å². The molecule has 0 radical (unpaired) electrons. The Bertz CT molecular complexity index is 294. The number of nitrogens with zero attached hydrogens (tertiary/aromatic N) is 1. The van der Waals surface area contributed by atoms with Gasteiger partial charge in [-0.05, 0) is 20.8 Å². The minimum atomic E-state index is 0.0829. The zero-order valence-electron chi connectivity index (χ0n) is 9.70. The molecule has 3 N–H and O–H groups in total. The number of hydrazine groups is 1. The molecule has 0 fully saturated rings. The lowest BCUT2D eigenvalue weighted by atomic mass is 10.1. The molecule has 1 rings (SSSR count). The van der Waals surface area contributed by atoms with Crippen LogP contribution in [-0.2, 0) is 11.2 Å². The van der Waals surface area contributed by atoms with E-state index in [0.29, 0.717) is 0 Å². The van der Waals surface area contributed by atoms with E-state index < -0.39 is 0 Å². The molecule has 1 aromatic rings. The van der Waals surface area contributed by atoms with Crippen molar-refractivity contribution in [3.63, 3.8) is 0 Å². The molecule has 86 valence electrons. The molecule has 4 nitrogen and oxygen atoms in total. The van der Waals surface area contributed by atoms with Gasteiger partial charge in [0.15, 0.2) is 0 Å². The third-order valence-electron chi connectivity index (χ3n) is 2.62. The maximum absolute atomic E-state index is 5.49. The smallest absolute Gasteiger partial charge is 0.0947 e. The first-order valence-electron chi connectivity index (χ1n) is 5.00. The average molecular weight is 229 g/mol. The predicted molar refractivity (Wildman–Crippen MR) is 62.9 cm³/mol. The maximum Gasteiger partial charge on any atom is 0.0947 e. The number of methoxy groups -OCH3 is 1. The minimum absolute atomic E-state index is 0.0829. The van der Waals surface area contributed by atoms with Gasteiger partial charge in [0, 0.05) is 18.4 Å². The van der Waals surface area contributed by atoms with Crippen LogP contribution in [-0.4, -0.2) is 24.2 Å². The number of thiazole rings is 1. The van der Waals surface area contributed by atoms with Gasteiger partial charge in [-0.1, -0.05) is 0 Å². The highest BCUT2D eigenvalue weighted by atomic mass is 32.1. The van der Waals surface area contributed by atoms with Crippen LogP contribution in [0, 0.1) is 13.8 Å². The summed E-state index contributed by atoms with van der Waals surface area (Å²) in [5, 5.41) is 1.11. The highest BCUT2D eigenvalue weighted by molar-refractivity contribution is 7.11. The summed E-state index contributed by atoms with van der Waals surface area (Å²) >= 11 is 1.72. The quantitative estimate of drug-likeness (QED) is 0.588. The molecule has 0 aromatic carbocycles. The summed E-state index contributed by atoms with van der Waals surface area (Å²) in [7, 11) is 1.69. The molecule has 0 aliphatic heterocycles. The number of hydrogen-bond donors (Lipinski definition) is 2. The van der Waals surface area contributed by atoms with Crippen LogP contribution in [0.15, 0.2) is 0 Å². The first kappa shape index (κ1) is 12.6. The lowest BCUT2D eigenvalue weighted by Crippen LogP contribution is -2.45. The van der Waals surface area contributed by atoms with Gasteiger partial charge in [-0.15, -0.1) is 11.3 Å². The molecule has 0 aliphatic carbocycles. The first-order chi connectivity index (χ1) is 7.08. The highest BCUT2D eigenvalue weighted by Crippen LogP contribution is 2.18. The molecule has 0 amide bonds. The lowest BCUT2D eigenvalue weighted by molar-refractivity contribution is 0.0831. The van der Waals surface area contributed by atoms with Gasteiger partial charge in [-0.25, -0.2) is 4.98 Å². The Hall–Kier alpha value is -0.490. The second-order valence-electron chi connectivity index (χ2n) is 3.67. The molecule has 5 heteroatoms. The predicted octanol–water partition coefficient (Wildman–Crippen LogP) is 1.17. The van der Waals surface area contributed by atoms with Crippen LogP contribution in [0.1, 0.15) is 22.5 Å². The standard InChI is InChI=1S/C10H19N3OS/c1-6-8(3)15-10(12-6)5-9(13-11)7(2)14-4/h7,9,13H,5,11H2,1-4H3. The van der Waals surface area contributed by atoms with Crippen LogP contribution in [0.4, 0.5) is 0 Å². The highest BCUT2D eigenvalue weighted by Gasteiger charge is 2.17. The number of aryl methyl sites for hydroxylation is 2. The Morgan fingerprint density at radius 3 is 2.60 bits per heavy atom. The van der Waals surface area contributed by atoms with Crippen molar-refractivity contribution in [3.8, 4) is 0 Å². The molecule has 0 spiro atoms. The molecule has 15 heavy (non-hydrogen) atoms. The second-order valence-corrected chi connectivity index (χ2v) is 4.96. The molecule has 0 bridgehead atoms. The lowest BCUT2D eigenvalue weighted by Gasteiger charge is -2.20. The van der Waals surface area contributed by atoms with E-state index in [9.17, 15) is 0 Å². The van der Waals surface area contributed by atoms with Gasteiger partial charge in [-0.2, -0.15) is 0 Å². The normalized spacial score (nSPS) is 15.3. The van der Waals surface area contributed by atoms with Crippen molar-refractivity contribution in [2.24, 2.45) is 5.84 Å². The fourth-order valence-electron chi connectivity index (χ4n) is 1.34. The van der Waals surface area contributed by atoms with E-state index in [0.717, 1.165) is 17.1 Å². The van der Waals surface area contributed by atoms with E-state index in [2.05, 4.69) is 17.3 Å². The van der Waals surface area contributed by atoms with Gasteiger partial charge in [0.05, 0.1) is 22.8 Å². The van der Waals surface area contributed by atoms with Gasteiger partial charge in [0.1, 0.15) is 0 Å². The van der Waals surface area contributed by atoms with E-state index in [1.165, 1.54) is 4.88 Å². The zero-order valence-corrected chi connectivity index (χ0v) is 10.5. The van der Waals surface area contributed by atoms with E-state index in [1.54, 1.807) is 18.4 Å². The first-order valence-corrected chi connectivity index (χ1v) is 5.82. The molecule has 1 aromatic heterocycles. The summed E-state index contributed by atoms with van der Waals surface area (Å²) in [6.07, 6.45) is 0.893. The van der Waals surface area contributed by atoms with E-state index in [-0.39, 0.29) is 12.1 Å². The monoisotopic (exact) mass is 229 g/mol. The van der Waals surface area contributed by atoms with Crippen molar-refractivity contribution in [2.45, 2.75) is 39.3 Å². The number of ether oxygens (including phenoxy) is 1. The van der Waals surface area contributed by atoms with Crippen LogP contribution >= 0.6 is 11.3 Å². The largest absolute Gasteiger partial charge is 0.380 e. The van der Waals surface area contributed by atoms with Crippen molar-refractivity contribution < 1.29 is 4.74 Å². The SMILES string of the molecule is COC(C)C(Cc1nc(C)c(C)s1)NN. The Kier molecular flexibility index (Phi) is 4.66. The molecular formula is C10H19N3OS. The number of hydrogen-bond acceptors (Lipinski definition) is 5. The summed E-state index contributed by atoms with van der Waals surface area (Å²) in [6, 6.07) is 0.111. The van der Waals surface area contributed by atoms with Crippen LogP contribution in [0.3, 0.4) is 0 Å². The Labute approximate surface area is 94.8 Å². The van der Waals surface area contributed by atoms with Gasteiger partial charge in [-0.3, -0.25) is 11.3 Å². The molecule has 2 atom stereocenters. The molecule has 0 saturated carbocycles. The van der Waals surface area contributed by atoms with Crippen molar-refractivity contribution in [1.82, 2.24) is 10.4 Å². The maximum atomic E-state index is 5.49. The average Bonchev–Trinajstić information content (AvgIpc) is 2.53. The van der Waals surface area contributed by atoms with Crippen molar-refractivity contribution in [1.29, 1.82) is 0 Å². The van der Waals surface area contributed by atoms with E-state index in [1.807, 2.05) is 13.8 Å². The van der Waals surface area contributed by atoms with Gasteiger partial charge < -0.3 is 4.74 Å². The molecular weight excluding hydrogens is 210 g/mol. The van der Waals surface area contributed by atoms with E-state index in [4.69, 9.17) is 10.6 Å². The Morgan fingerprint density at radius 1 is 1.53 bits per heavy atom. The van der Waals surface area contributed by atoms with Gasteiger partial charge >= 0.3 is 0 Å². The van der Waals surface area contributed by atoms with E-state index >= 15 is 0 Å². The number of aromatic nitrogens is 1.